The van der Waals surface area contributed by atoms with Gasteiger partial charge in [-0.15, -0.1) is 0 Å². The van der Waals surface area contributed by atoms with Gasteiger partial charge in [-0.25, -0.2) is 4.98 Å². The highest BCUT2D eigenvalue weighted by atomic mass is 32.2. The standard InChI is InChI=1S/C19H19N7S/c20-16-17(21)26-18(24-19(16)25-5-7-27-8-6-25)14(11-23-26)13-9-12-3-1-2-4-15(12)22-10-13/h1-4,9-11H,5-8,20-21H2. The van der Waals surface area contributed by atoms with E-state index in [1.807, 2.05) is 42.2 Å². The number of rotatable bonds is 2. The van der Waals surface area contributed by atoms with E-state index in [9.17, 15) is 0 Å². The lowest BCUT2D eigenvalue weighted by molar-refractivity contribution is 0.835. The summed E-state index contributed by atoms with van der Waals surface area (Å²) in [5.41, 5.74) is 16.6. The van der Waals surface area contributed by atoms with Crippen molar-refractivity contribution in [3.8, 4) is 11.1 Å². The molecule has 1 aromatic carbocycles. The van der Waals surface area contributed by atoms with Crippen LogP contribution in [-0.4, -0.2) is 44.2 Å². The minimum atomic E-state index is 0.424. The Hall–Kier alpha value is -3.00. The first-order valence-corrected chi connectivity index (χ1v) is 9.98. The zero-order valence-electron chi connectivity index (χ0n) is 14.7. The van der Waals surface area contributed by atoms with Crippen LogP contribution in [-0.2, 0) is 0 Å². The highest BCUT2D eigenvalue weighted by molar-refractivity contribution is 7.99. The van der Waals surface area contributed by atoms with Crippen LogP contribution in [0.4, 0.5) is 17.3 Å². The zero-order chi connectivity index (χ0) is 18.4. The third-order valence-electron chi connectivity index (χ3n) is 4.91. The van der Waals surface area contributed by atoms with Crippen LogP contribution in [0.3, 0.4) is 0 Å². The minimum absolute atomic E-state index is 0.424. The van der Waals surface area contributed by atoms with E-state index in [2.05, 4.69) is 21.0 Å². The third-order valence-corrected chi connectivity index (χ3v) is 5.86. The fraction of sp³-hybridized carbons (Fsp3) is 0.211. The van der Waals surface area contributed by atoms with E-state index in [1.165, 1.54) is 0 Å². The maximum absolute atomic E-state index is 6.30. The van der Waals surface area contributed by atoms with Crippen molar-refractivity contribution < 1.29 is 0 Å². The first-order valence-electron chi connectivity index (χ1n) is 8.83. The van der Waals surface area contributed by atoms with E-state index in [-0.39, 0.29) is 0 Å². The normalized spacial score (nSPS) is 14.9. The molecule has 0 saturated carbocycles. The van der Waals surface area contributed by atoms with E-state index < -0.39 is 0 Å². The number of hydrogen-bond donors (Lipinski definition) is 2. The number of nitrogens with two attached hydrogens (primary N) is 2. The molecule has 0 spiro atoms. The first-order chi connectivity index (χ1) is 13.2. The van der Waals surface area contributed by atoms with Crippen molar-refractivity contribution in [2.45, 2.75) is 0 Å². The van der Waals surface area contributed by atoms with Gasteiger partial charge in [0.15, 0.2) is 17.3 Å². The van der Waals surface area contributed by atoms with Gasteiger partial charge in [0, 0.05) is 47.3 Å². The second-order valence-corrected chi connectivity index (χ2v) is 7.77. The topological polar surface area (TPSA) is 98.4 Å². The van der Waals surface area contributed by atoms with Gasteiger partial charge in [-0.1, -0.05) is 18.2 Å². The molecule has 7 nitrogen and oxygen atoms in total. The fourth-order valence-electron chi connectivity index (χ4n) is 3.45. The van der Waals surface area contributed by atoms with Gasteiger partial charge in [-0.3, -0.25) is 4.98 Å². The molecule has 0 radical (unpaired) electrons. The Labute approximate surface area is 160 Å². The molecule has 136 valence electrons. The summed E-state index contributed by atoms with van der Waals surface area (Å²) in [6.45, 7) is 1.83. The van der Waals surface area contributed by atoms with Gasteiger partial charge < -0.3 is 16.4 Å². The molecular weight excluding hydrogens is 358 g/mol. The van der Waals surface area contributed by atoms with Crippen LogP contribution in [0.2, 0.25) is 0 Å². The lowest BCUT2D eigenvalue weighted by Crippen LogP contribution is -2.34. The lowest BCUT2D eigenvalue weighted by atomic mass is 10.1. The number of fused-ring (bicyclic) bond motifs is 2. The Morgan fingerprint density at radius 2 is 1.85 bits per heavy atom. The first kappa shape index (κ1) is 16.2. The molecule has 1 fully saturated rings. The number of nitrogens with zero attached hydrogens (tertiary/aromatic N) is 5. The molecule has 1 saturated heterocycles. The molecule has 3 aromatic heterocycles. The summed E-state index contributed by atoms with van der Waals surface area (Å²) >= 11 is 1.94. The van der Waals surface area contributed by atoms with Crippen molar-refractivity contribution in [1.82, 2.24) is 19.6 Å². The van der Waals surface area contributed by atoms with Crippen molar-refractivity contribution in [3.63, 3.8) is 0 Å². The van der Waals surface area contributed by atoms with Crippen molar-refractivity contribution in [1.29, 1.82) is 0 Å². The molecule has 0 unspecified atom stereocenters. The highest BCUT2D eigenvalue weighted by Gasteiger charge is 2.21. The molecule has 5 rings (SSSR count). The Morgan fingerprint density at radius 1 is 1.04 bits per heavy atom. The van der Waals surface area contributed by atoms with Gasteiger partial charge in [0.2, 0.25) is 0 Å². The summed E-state index contributed by atoms with van der Waals surface area (Å²) in [6, 6.07) is 10.1. The summed E-state index contributed by atoms with van der Waals surface area (Å²) in [5, 5.41) is 5.50. The van der Waals surface area contributed by atoms with Crippen molar-refractivity contribution >= 4 is 45.6 Å². The van der Waals surface area contributed by atoms with Crippen LogP contribution in [0.25, 0.3) is 27.7 Å². The Kier molecular flexibility index (Phi) is 3.78. The largest absolute Gasteiger partial charge is 0.393 e. The van der Waals surface area contributed by atoms with Crippen LogP contribution >= 0.6 is 11.8 Å². The van der Waals surface area contributed by atoms with Crippen LogP contribution in [0.1, 0.15) is 0 Å². The average Bonchev–Trinajstić information content (AvgIpc) is 3.15. The quantitative estimate of drug-likeness (QED) is 0.554. The predicted octanol–water partition coefficient (Wildman–Crippen LogP) is 2.66. The number of para-hydroxylation sites is 1. The number of benzene rings is 1. The molecule has 4 aromatic rings. The summed E-state index contributed by atoms with van der Waals surface area (Å²) in [5.74, 6) is 3.30. The average molecular weight is 377 g/mol. The predicted molar refractivity (Wildman–Crippen MR) is 112 cm³/mol. The van der Waals surface area contributed by atoms with Gasteiger partial charge in [-0.2, -0.15) is 21.4 Å². The number of nitrogen functional groups attached to an aromatic ring is 2. The summed E-state index contributed by atoms with van der Waals surface area (Å²) < 4.78 is 1.61. The van der Waals surface area contributed by atoms with Crippen LogP contribution < -0.4 is 16.4 Å². The molecule has 8 heteroatoms. The molecule has 1 aliphatic rings. The maximum Gasteiger partial charge on any atom is 0.167 e. The van der Waals surface area contributed by atoms with Gasteiger partial charge in [0.05, 0.1) is 11.7 Å². The summed E-state index contributed by atoms with van der Waals surface area (Å²) in [7, 11) is 0. The Morgan fingerprint density at radius 3 is 2.70 bits per heavy atom. The number of thioether (sulfide) groups is 1. The summed E-state index contributed by atoms with van der Waals surface area (Å²) in [4.78, 5) is 11.6. The molecular formula is C19H19N7S. The zero-order valence-corrected chi connectivity index (χ0v) is 15.5. The van der Waals surface area contributed by atoms with Gasteiger partial charge in [0.25, 0.3) is 0 Å². The van der Waals surface area contributed by atoms with Crippen LogP contribution in [0, 0.1) is 0 Å². The molecule has 0 atom stereocenters. The Balaban J connectivity index is 1.69. The lowest BCUT2D eigenvalue weighted by Gasteiger charge is -2.28. The van der Waals surface area contributed by atoms with E-state index in [1.54, 1.807) is 10.7 Å². The second-order valence-electron chi connectivity index (χ2n) is 6.54. The van der Waals surface area contributed by atoms with E-state index >= 15 is 0 Å². The molecule has 4 N–H and O–H groups in total. The number of pyridine rings is 1. The summed E-state index contributed by atoms with van der Waals surface area (Å²) in [6.07, 6.45) is 3.63. The van der Waals surface area contributed by atoms with Crippen molar-refractivity contribution in [2.75, 3.05) is 41.0 Å². The second kappa shape index (κ2) is 6.31. The van der Waals surface area contributed by atoms with Gasteiger partial charge in [-0.05, 0) is 12.1 Å². The van der Waals surface area contributed by atoms with E-state index in [0.717, 1.165) is 52.4 Å². The fourth-order valence-corrected chi connectivity index (χ4v) is 4.36. The Bertz CT molecular complexity index is 1150. The molecule has 1 aliphatic heterocycles. The number of aromatic nitrogens is 4. The van der Waals surface area contributed by atoms with Crippen molar-refractivity contribution in [2.24, 2.45) is 0 Å². The number of hydrogen-bond acceptors (Lipinski definition) is 7. The molecule has 4 heterocycles. The van der Waals surface area contributed by atoms with Gasteiger partial charge in [0.1, 0.15) is 5.69 Å². The molecule has 0 bridgehead atoms. The SMILES string of the molecule is Nc1c(N2CCSCC2)nc2c(-c3cnc4ccccc4c3)cnn2c1N. The highest BCUT2D eigenvalue weighted by Crippen LogP contribution is 2.33. The number of anilines is 3. The van der Waals surface area contributed by atoms with Gasteiger partial charge >= 0.3 is 0 Å². The molecule has 0 amide bonds. The smallest absolute Gasteiger partial charge is 0.167 e. The maximum atomic E-state index is 6.30. The van der Waals surface area contributed by atoms with Crippen LogP contribution in [0.5, 0.6) is 0 Å². The molecule has 27 heavy (non-hydrogen) atoms. The molecule has 0 aliphatic carbocycles. The van der Waals surface area contributed by atoms with Crippen molar-refractivity contribution in [3.05, 3.63) is 42.7 Å². The minimum Gasteiger partial charge on any atom is -0.393 e. The van der Waals surface area contributed by atoms with Crippen LogP contribution in [0.15, 0.2) is 42.7 Å². The van der Waals surface area contributed by atoms with E-state index in [4.69, 9.17) is 16.5 Å². The van der Waals surface area contributed by atoms with E-state index in [0.29, 0.717) is 17.2 Å². The monoisotopic (exact) mass is 377 g/mol. The third kappa shape index (κ3) is 2.64.